The molecule has 1 amide bonds. The van der Waals surface area contributed by atoms with Gasteiger partial charge in [-0.05, 0) is 36.4 Å². The number of carbonyl (C=O) groups excluding carboxylic acids is 1. The summed E-state index contributed by atoms with van der Waals surface area (Å²) in [5, 5.41) is 63.2. The van der Waals surface area contributed by atoms with Crippen LogP contribution >= 0.6 is 0 Å². The van der Waals surface area contributed by atoms with Crippen molar-refractivity contribution in [3.63, 3.8) is 0 Å². The van der Waals surface area contributed by atoms with E-state index < -0.39 is 49.3 Å². The maximum Gasteiger partial charge on any atom is 0.251 e. The lowest BCUT2D eigenvalue weighted by Crippen LogP contribution is -2.60. The first-order valence-electron chi connectivity index (χ1n) is 12.3. The number of aliphatic hydroxyl groups excluding tert-OH is 4. The number of amidine groups is 1. The number of para-hydroxylation sites is 1. The van der Waals surface area contributed by atoms with E-state index in [0.717, 1.165) is 0 Å². The second-order valence-corrected chi connectivity index (χ2v) is 9.11. The van der Waals surface area contributed by atoms with Gasteiger partial charge in [0.15, 0.2) is 0 Å². The van der Waals surface area contributed by atoms with Gasteiger partial charge in [0.05, 0.1) is 18.2 Å². The minimum Gasteiger partial charge on any atom is -0.462 e. The number of ether oxygens (including phenoxy) is 2. The second kappa shape index (κ2) is 12.6. The highest BCUT2D eigenvalue weighted by molar-refractivity contribution is 5.99. The highest BCUT2D eigenvalue weighted by atomic mass is 16.7. The van der Waals surface area contributed by atoms with E-state index in [2.05, 4.69) is 10.6 Å². The normalized spacial score (nSPS) is 22.9. The molecule has 12 nitrogen and oxygen atoms in total. The molecule has 0 aliphatic carbocycles. The van der Waals surface area contributed by atoms with Crippen LogP contribution in [0.25, 0.3) is 0 Å². The summed E-state index contributed by atoms with van der Waals surface area (Å²) in [5.41, 5.74) is 7.55. The molecule has 0 spiro atoms. The first kappa shape index (κ1) is 28.5. The molecule has 3 aromatic carbocycles. The molecule has 0 aromatic heterocycles. The maximum absolute atomic E-state index is 13.7. The topological polar surface area (TPSA) is 214 Å². The molecule has 0 saturated carbocycles. The first-order chi connectivity index (χ1) is 19.2. The number of carbonyl (C=O) groups is 1. The summed E-state index contributed by atoms with van der Waals surface area (Å²) in [7, 11) is 0. The van der Waals surface area contributed by atoms with Gasteiger partial charge in [0, 0.05) is 22.5 Å². The molecule has 0 radical (unpaired) electrons. The number of nitrogen functional groups attached to an aromatic ring is 1. The number of hydrogen-bond donors (Lipinski definition) is 8. The van der Waals surface area contributed by atoms with Crippen molar-refractivity contribution in [2.45, 2.75) is 36.7 Å². The Bertz CT molecular complexity index is 1410. The lowest BCUT2D eigenvalue weighted by Gasteiger charge is -2.39. The maximum atomic E-state index is 13.7. The number of benzene rings is 3. The van der Waals surface area contributed by atoms with Crippen LogP contribution in [0.1, 0.15) is 22.7 Å². The Morgan fingerprint density at radius 1 is 1.02 bits per heavy atom. The zero-order chi connectivity index (χ0) is 28.8. The van der Waals surface area contributed by atoms with E-state index in [9.17, 15) is 30.5 Å². The highest BCUT2D eigenvalue weighted by Gasteiger charge is 2.45. The summed E-state index contributed by atoms with van der Waals surface area (Å²) < 4.78 is 11.4. The molecule has 1 aliphatic rings. The molecule has 40 heavy (non-hydrogen) atoms. The Morgan fingerprint density at radius 2 is 1.75 bits per heavy atom. The summed E-state index contributed by atoms with van der Waals surface area (Å²) in [6.45, 7) is -0.632. The molecular weight excluding hydrogens is 518 g/mol. The summed E-state index contributed by atoms with van der Waals surface area (Å²) in [5.74, 6) is -0.592. The lowest BCUT2D eigenvalue weighted by atomic mass is 9.99. The molecule has 4 rings (SSSR count). The number of nitrogens with zero attached hydrogens (tertiary/aromatic N) is 1. The van der Waals surface area contributed by atoms with Gasteiger partial charge in [-0.1, -0.05) is 36.4 Å². The van der Waals surface area contributed by atoms with Gasteiger partial charge >= 0.3 is 0 Å². The fourth-order valence-corrected chi connectivity index (χ4v) is 4.22. The molecule has 1 aliphatic heterocycles. The van der Waals surface area contributed by atoms with Gasteiger partial charge < -0.3 is 46.3 Å². The number of nitrogens with two attached hydrogens (primary N) is 1. The van der Waals surface area contributed by atoms with E-state index in [1.54, 1.807) is 60.7 Å². The van der Waals surface area contributed by atoms with E-state index in [1.165, 1.54) is 12.1 Å². The predicted octanol–water partition coefficient (Wildman–Crippen LogP) is 0.813. The SMILES string of the molecule is N#Cc1cccc(NC(=O)C(Nc2cccc(C(=N)N)c2)c2ccccc2OC2OC(CO)C(O)C(O)C2O)c1. The number of anilines is 2. The molecular formula is C28H29N5O7. The Kier molecular flexibility index (Phi) is 8.95. The van der Waals surface area contributed by atoms with E-state index in [1.807, 2.05) is 6.07 Å². The van der Waals surface area contributed by atoms with Crippen LogP contribution in [0, 0.1) is 16.7 Å². The number of nitrogens with one attached hydrogen (secondary N) is 3. The first-order valence-corrected chi connectivity index (χ1v) is 12.3. The third-order valence-electron chi connectivity index (χ3n) is 6.33. The number of rotatable bonds is 9. The van der Waals surface area contributed by atoms with E-state index >= 15 is 0 Å². The average Bonchev–Trinajstić information content (AvgIpc) is 2.96. The molecule has 6 unspecified atom stereocenters. The summed E-state index contributed by atoms with van der Waals surface area (Å²) in [6, 6.07) is 20.3. The molecule has 12 heteroatoms. The van der Waals surface area contributed by atoms with Gasteiger partial charge in [-0.25, -0.2) is 0 Å². The zero-order valence-electron chi connectivity index (χ0n) is 21.1. The smallest absolute Gasteiger partial charge is 0.251 e. The predicted molar refractivity (Wildman–Crippen MR) is 144 cm³/mol. The Labute approximate surface area is 229 Å². The van der Waals surface area contributed by atoms with E-state index in [4.69, 9.17) is 20.6 Å². The standard InChI is InChI=1S/C28H29N5O7/c29-13-15-5-3-7-17(11-15)33-27(38)22(32-18-8-4-6-16(12-18)26(30)31)19-9-1-2-10-20(19)39-28-25(37)24(36)23(35)21(14-34)40-28/h1-12,21-25,28,32,34-37H,14H2,(H3,30,31)(H,33,38). The fourth-order valence-electron chi connectivity index (χ4n) is 4.22. The summed E-state index contributed by atoms with van der Waals surface area (Å²) in [4.78, 5) is 13.7. The van der Waals surface area contributed by atoms with Gasteiger partial charge in [0.1, 0.15) is 42.0 Å². The summed E-state index contributed by atoms with van der Waals surface area (Å²) in [6.07, 6.45) is -7.54. The Morgan fingerprint density at radius 3 is 2.48 bits per heavy atom. The van der Waals surface area contributed by atoms with E-state index in [-0.39, 0.29) is 11.6 Å². The monoisotopic (exact) mass is 547 g/mol. The van der Waals surface area contributed by atoms with Crippen LogP contribution in [0.15, 0.2) is 72.8 Å². The molecule has 0 bridgehead atoms. The molecule has 1 heterocycles. The molecule has 3 aromatic rings. The Hall–Kier alpha value is -4.51. The van der Waals surface area contributed by atoms with Gasteiger partial charge in [-0.2, -0.15) is 5.26 Å². The van der Waals surface area contributed by atoms with Gasteiger partial charge in [0.25, 0.3) is 5.91 Å². The van der Waals surface area contributed by atoms with Crippen molar-refractivity contribution < 1.29 is 34.7 Å². The molecule has 9 N–H and O–H groups in total. The van der Waals surface area contributed by atoms with Crippen LogP contribution in [0.4, 0.5) is 11.4 Å². The number of aliphatic hydroxyl groups is 4. The average molecular weight is 548 g/mol. The zero-order valence-corrected chi connectivity index (χ0v) is 21.1. The minimum atomic E-state index is -1.66. The minimum absolute atomic E-state index is 0.105. The van der Waals surface area contributed by atoms with Crippen molar-refractivity contribution in [3.8, 4) is 11.8 Å². The largest absolute Gasteiger partial charge is 0.462 e. The van der Waals surface area contributed by atoms with Gasteiger partial charge in [0.2, 0.25) is 6.29 Å². The summed E-state index contributed by atoms with van der Waals surface area (Å²) >= 11 is 0. The highest BCUT2D eigenvalue weighted by Crippen LogP contribution is 2.32. The van der Waals surface area contributed by atoms with Crippen molar-refractivity contribution in [2.75, 3.05) is 17.2 Å². The molecule has 1 saturated heterocycles. The van der Waals surface area contributed by atoms with E-state index in [0.29, 0.717) is 28.1 Å². The third kappa shape index (κ3) is 6.37. The molecule has 208 valence electrons. The van der Waals surface area contributed by atoms with Crippen molar-refractivity contribution in [1.82, 2.24) is 0 Å². The Balaban J connectivity index is 1.70. The van der Waals surface area contributed by atoms with Crippen molar-refractivity contribution in [2.24, 2.45) is 5.73 Å². The van der Waals surface area contributed by atoms with Crippen LogP contribution in [0.3, 0.4) is 0 Å². The fraction of sp³-hybridized carbons (Fsp3) is 0.250. The molecule has 1 fully saturated rings. The van der Waals surface area contributed by atoms with Crippen LogP contribution in [0.5, 0.6) is 5.75 Å². The van der Waals surface area contributed by atoms with Gasteiger partial charge in [-0.3, -0.25) is 10.2 Å². The lowest BCUT2D eigenvalue weighted by molar-refractivity contribution is -0.277. The third-order valence-corrected chi connectivity index (χ3v) is 6.33. The van der Waals surface area contributed by atoms with Crippen LogP contribution in [-0.4, -0.2) is 69.5 Å². The number of amides is 1. The molecule has 6 atom stereocenters. The quantitative estimate of drug-likeness (QED) is 0.139. The van der Waals surface area contributed by atoms with Crippen LogP contribution in [0.2, 0.25) is 0 Å². The van der Waals surface area contributed by atoms with Crippen molar-refractivity contribution >= 4 is 23.1 Å². The van der Waals surface area contributed by atoms with Crippen LogP contribution in [-0.2, 0) is 9.53 Å². The number of hydrogen-bond acceptors (Lipinski definition) is 10. The second-order valence-electron chi connectivity index (χ2n) is 9.11. The number of nitriles is 1. The van der Waals surface area contributed by atoms with Crippen molar-refractivity contribution in [3.05, 3.63) is 89.5 Å². The van der Waals surface area contributed by atoms with Gasteiger partial charge in [-0.15, -0.1) is 0 Å². The van der Waals surface area contributed by atoms with Crippen LogP contribution < -0.4 is 21.1 Å². The van der Waals surface area contributed by atoms with Crippen molar-refractivity contribution in [1.29, 1.82) is 10.7 Å².